The summed E-state index contributed by atoms with van der Waals surface area (Å²) in [6.07, 6.45) is 0. The molecule has 0 unspecified atom stereocenters. The van der Waals surface area contributed by atoms with E-state index in [0.717, 1.165) is 72.5 Å². The molecule has 0 N–H and O–H groups in total. The van der Waals surface area contributed by atoms with Crippen LogP contribution >= 0.6 is 0 Å². The summed E-state index contributed by atoms with van der Waals surface area (Å²) in [6, 6.07) is 72.5. The van der Waals surface area contributed by atoms with Crippen molar-refractivity contribution in [2.45, 2.75) is 0 Å². The van der Waals surface area contributed by atoms with Gasteiger partial charge in [0.15, 0.2) is 0 Å². The van der Waals surface area contributed by atoms with Crippen molar-refractivity contribution in [2.24, 2.45) is 0 Å². The lowest BCUT2D eigenvalue weighted by Crippen LogP contribution is -2.09. The maximum Gasteiger partial charge on any atom is 0.0998 e. The molecule has 0 fully saturated rings. The van der Waals surface area contributed by atoms with E-state index in [1.165, 1.54) is 5.39 Å². The van der Waals surface area contributed by atoms with E-state index in [9.17, 15) is 5.26 Å². The van der Waals surface area contributed by atoms with Crippen LogP contribution in [0, 0.1) is 11.3 Å². The fourth-order valence-electron chi connectivity index (χ4n) is 7.58. The number of rotatable bonds is 7. The average molecular weight is 664 g/mol. The number of hydrogen-bond donors (Lipinski definition) is 0. The van der Waals surface area contributed by atoms with Crippen molar-refractivity contribution in [3.63, 3.8) is 0 Å². The van der Waals surface area contributed by atoms with E-state index in [0.29, 0.717) is 5.56 Å². The molecular weight excluding hydrogens is 631 g/mol. The summed E-state index contributed by atoms with van der Waals surface area (Å²) in [7, 11) is 0. The zero-order chi connectivity index (χ0) is 34.9. The molecule has 9 aromatic rings. The Labute approximate surface area is 303 Å². The Balaban J connectivity index is 1.34. The first-order valence-corrected chi connectivity index (χ1v) is 17.5. The highest BCUT2D eigenvalue weighted by molar-refractivity contribution is 6.16. The predicted molar refractivity (Wildman–Crippen MR) is 216 cm³/mol. The van der Waals surface area contributed by atoms with Crippen LogP contribution < -0.4 is 4.90 Å². The zero-order valence-electron chi connectivity index (χ0n) is 28.4. The first kappa shape index (κ1) is 30.9. The molecule has 244 valence electrons. The van der Waals surface area contributed by atoms with Gasteiger partial charge < -0.3 is 9.47 Å². The number of fused-ring (bicyclic) bond motifs is 3. The minimum absolute atomic E-state index is 0.637. The van der Waals surface area contributed by atoms with E-state index in [4.69, 9.17) is 0 Å². The minimum atomic E-state index is 0.637. The van der Waals surface area contributed by atoms with Crippen LogP contribution in [0.5, 0.6) is 0 Å². The lowest BCUT2D eigenvalue weighted by atomic mass is 9.91. The quantitative estimate of drug-likeness (QED) is 0.170. The van der Waals surface area contributed by atoms with Gasteiger partial charge in [-0.3, -0.25) is 0 Å². The molecule has 3 nitrogen and oxygen atoms in total. The van der Waals surface area contributed by atoms with E-state index in [2.05, 4.69) is 185 Å². The third-order valence-electron chi connectivity index (χ3n) is 9.81. The summed E-state index contributed by atoms with van der Waals surface area (Å²) < 4.78 is 2.38. The zero-order valence-corrected chi connectivity index (χ0v) is 28.4. The van der Waals surface area contributed by atoms with Crippen LogP contribution in [0.4, 0.5) is 17.1 Å². The molecule has 0 bridgehead atoms. The molecule has 0 aliphatic rings. The summed E-state index contributed by atoms with van der Waals surface area (Å²) in [6.45, 7) is 0. The van der Waals surface area contributed by atoms with Crippen LogP contribution in [0.15, 0.2) is 200 Å². The van der Waals surface area contributed by atoms with Crippen LogP contribution in [0.3, 0.4) is 0 Å². The molecule has 0 saturated carbocycles. The van der Waals surface area contributed by atoms with Gasteiger partial charge in [0.1, 0.15) is 0 Å². The van der Waals surface area contributed by atoms with Crippen LogP contribution in [0.2, 0.25) is 0 Å². The Morgan fingerprint density at radius 2 is 0.962 bits per heavy atom. The summed E-state index contributed by atoms with van der Waals surface area (Å²) >= 11 is 0. The minimum Gasteiger partial charge on any atom is -0.310 e. The van der Waals surface area contributed by atoms with Crippen molar-refractivity contribution in [3.05, 3.63) is 206 Å². The smallest absolute Gasteiger partial charge is 0.0998 e. The number of aromatic nitrogens is 1. The Bertz CT molecular complexity index is 2690. The second-order valence-electron chi connectivity index (χ2n) is 12.8. The first-order chi connectivity index (χ1) is 25.8. The molecule has 8 aromatic carbocycles. The second-order valence-corrected chi connectivity index (χ2v) is 12.8. The topological polar surface area (TPSA) is 32.0 Å². The Morgan fingerprint density at radius 1 is 0.423 bits per heavy atom. The summed E-state index contributed by atoms with van der Waals surface area (Å²) in [4.78, 5) is 2.30. The Hall–Kier alpha value is -7.15. The molecule has 0 radical (unpaired) electrons. The fraction of sp³-hybridized carbons (Fsp3) is 0. The highest BCUT2D eigenvalue weighted by Gasteiger charge is 2.24. The normalized spacial score (nSPS) is 11.1. The molecule has 3 heteroatoms. The number of para-hydroxylation sites is 3. The molecular formula is C49H33N3. The van der Waals surface area contributed by atoms with Crippen molar-refractivity contribution >= 4 is 38.9 Å². The Morgan fingerprint density at radius 3 is 1.63 bits per heavy atom. The third kappa shape index (κ3) is 5.31. The summed E-state index contributed by atoms with van der Waals surface area (Å²) in [5, 5.41) is 12.9. The van der Waals surface area contributed by atoms with Gasteiger partial charge in [0.2, 0.25) is 0 Å². The van der Waals surface area contributed by atoms with Crippen LogP contribution in [-0.2, 0) is 0 Å². The van der Waals surface area contributed by atoms with Gasteiger partial charge in [0.05, 0.1) is 28.4 Å². The fourth-order valence-corrected chi connectivity index (χ4v) is 7.58. The molecule has 0 aliphatic heterocycles. The number of nitriles is 1. The lowest BCUT2D eigenvalue weighted by molar-refractivity contribution is 1.18. The largest absolute Gasteiger partial charge is 0.310 e. The van der Waals surface area contributed by atoms with Crippen molar-refractivity contribution < 1.29 is 0 Å². The number of nitrogens with zero attached hydrogens (tertiary/aromatic N) is 3. The van der Waals surface area contributed by atoms with Gasteiger partial charge in [0.25, 0.3) is 0 Å². The van der Waals surface area contributed by atoms with Gasteiger partial charge in [0, 0.05) is 39.0 Å². The second kappa shape index (κ2) is 13.3. The van der Waals surface area contributed by atoms with E-state index >= 15 is 0 Å². The van der Waals surface area contributed by atoms with Crippen molar-refractivity contribution in [3.8, 4) is 45.1 Å². The van der Waals surface area contributed by atoms with Crippen molar-refractivity contribution in [1.82, 2.24) is 4.57 Å². The monoisotopic (exact) mass is 663 g/mol. The maximum atomic E-state index is 10.6. The molecule has 0 spiro atoms. The summed E-state index contributed by atoms with van der Waals surface area (Å²) in [5.41, 5.74) is 13.4. The van der Waals surface area contributed by atoms with Gasteiger partial charge in [-0.1, -0.05) is 146 Å². The summed E-state index contributed by atoms with van der Waals surface area (Å²) in [5.74, 6) is 0. The molecule has 0 saturated heterocycles. The first-order valence-electron chi connectivity index (χ1n) is 17.5. The molecule has 52 heavy (non-hydrogen) atoms. The molecule has 0 atom stereocenters. The molecule has 1 heterocycles. The lowest BCUT2D eigenvalue weighted by Gasteiger charge is -2.26. The molecule has 9 rings (SSSR count). The number of hydrogen-bond acceptors (Lipinski definition) is 2. The van der Waals surface area contributed by atoms with Gasteiger partial charge in [-0.2, -0.15) is 5.26 Å². The van der Waals surface area contributed by atoms with Crippen molar-refractivity contribution in [1.29, 1.82) is 5.26 Å². The van der Waals surface area contributed by atoms with Crippen LogP contribution in [-0.4, -0.2) is 4.57 Å². The third-order valence-corrected chi connectivity index (χ3v) is 9.81. The van der Waals surface area contributed by atoms with Gasteiger partial charge in [-0.05, 0) is 76.9 Å². The number of anilines is 3. The van der Waals surface area contributed by atoms with Crippen LogP contribution in [0.1, 0.15) is 5.56 Å². The van der Waals surface area contributed by atoms with Crippen LogP contribution in [0.25, 0.3) is 60.9 Å². The van der Waals surface area contributed by atoms with Gasteiger partial charge in [-0.25, -0.2) is 0 Å². The highest BCUT2D eigenvalue weighted by Crippen LogP contribution is 2.45. The van der Waals surface area contributed by atoms with E-state index in [1.807, 2.05) is 30.3 Å². The van der Waals surface area contributed by atoms with E-state index < -0.39 is 0 Å². The average Bonchev–Trinajstić information content (AvgIpc) is 3.56. The van der Waals surface area contributed by atoms with E-state index in [1.54, 1.807) is 0 Å². The van der Waals surface area contributed by atoms with Gasteiger partial charge >= 0.3 is 0 Å². The standard InChI is InChI=1S/C49H33N3/c50-34-38-31-32-43(35-17-5-1-6-18-35)49(47(38)36-19-7-2-8-20-36)52-45-29-14-13-27-44(45)48-42(28-16-30-46(48)52)37-21-15-26-41(33-37)51(39-22-9-3-10-23-39)40-24-11-4-12-25-40/h1-33H. The SMILES string of the molecule is N#Cc1ccc(-c2ccccc2)c(-n2c3ccccc3c3c(-c4cccc(N(c5ccccc5)c5ccccc5)c4)cccc32)c1-c1ccccc1. The van der Waals surface area contributed by atoms with E-state index in [-0.39, 0.29) is 0 Å². The predicted octanol–water partition coefficient (Wildman–Crippen LogP) is 13.1. The number of benzene rings is 8. The van der Waals surface area contributed by atoms with Gasteiger partial charge in [-0.15, -0.1) is 0 Å². The maximum absolute atomic E-state index is 10.6. The Kier molecular flexibility index (Phi) is 7.89. The molecule has 0 amide bonds. The van der Waals surface area contributed by atoms with Crippen molar-refractivity contribution in [2.75, 3.05) is 4.90 Å². The molecule has 1 aromatic heterocycles. The highest BCUT2D eigenvalue weighted by atomic mass is 15.1. The molecule has 0 aliphatic carbocycles.